The Morgan fingerprint density at radius 2 is 1.80 bits per heavy atom. The van der Waals surface area contributed by atoms with E-state index in [1.54, 1.807) is 36.4 Å². The summed E-state index contributed by atoms with van der Waals surface area (Å²) < 4.78 is 24.4. The second kappa shape index (κ2) is 9.33. The van der Waals surface area contributed by atoms with Crippen LogP contribution < -0.4 is 14.8 Å². The van der Waals surface area contributed by atoms with Crippen molar-refractivity contribution in [3.63, 3.8) is 0 Å². The minimum Gasteiger partial charge on any atom is -0.490 e. The Morgan fingerprint density at radius 1 is 1.08 bits per heavy atom. The smallest absolute Gasteiger partial charge is 0.252 e. The van der Waals surface area contributed by atoms with E-state index in [1.807, 2.05) is 13.8 Å². The quantitative estimate of drug-likeness (QED) is 0.819. The fraction of sp³-hybridized carbons (Fsp3) is 0.250. The summed E-state index contributed by atoms with van der Waals surface area (Å²) in [5.74, 6) is 5.88. The van der Waals surface area contributed by atoms with E-state index in [4.69, 9.17) is 9.47 Å². The third-order valence-electron chi connectivity index (χ3n) is 3.24. The molecule has 0 atom stereocenters. The second-order valence-corrected chi connectivity index (χ2v) is 4.99. The van der Waals surface area contributed by atoms with Crippen LogP contribution in [0, 0.1) is 17.7 Å². The fourth-order valence-corrected chi connectivity index (χ4v) is 2.12. The predicted octanol–water partition coefficient (Wildman–Crippen LogP) is 3.40. The van der Waals surface area contributed by atoms with Gasteiger partial charge >= 0.3 is 0 Å². The van der Waals surface area contributed by atoms with E-state index in [2.05, 4.69) is 17.2 Å². The molecule has 0 aliphatic heterocycles. The topological polar surface area (TPSA) is 47.6 Å². The molecule has 5 heteroatoms. The Hall–Kier alpha value is -3.00. The lowest BCUT2D eigenvalue weighted by molar-refractivity contribution is 0.0958. The highest BCUT2D eigenvalue weighted by Gasteiger charge is 2.10. The number of hydrogen-bond donors (Lipinski definition) is 1. The number of amides is 1. The van der Waals surface area contributed by atoms with Gasteiger partial charge in [0, 0.05) is 5.56 Å². The van der Waals surface area contributed by atoms with Crippen LogP contribution in [0.1, 0.15) is 29.8 Å². The zero-order valence-corrected chi connectivity index (χ0v) is 14.3. The second-order valence-electron chi connectivity index (χ2n) is 4.99. The molecule has 0 aromatic heterocycles. The van der Waals surface area contributed by atoms with Gasteiger partial charge in [-0.25, -0.2) is 4.39 Å². The first-order valence-corrected chi connectivity index (χ1v) is 8.07. The summed E-state index contributed by atoms with van der Waals surface area (Å²) in [5, 5.41) is 2.68. The van der Waals surface area contributed by atoms with Crippen molar-refractivity contribution in [2.45, 2.75) is 13.8 Å². The zero-order valence-electron chi connectivity index (χ0n) is 14.3. The highest BCUT2D eigenvalue weighted by Crippen LogP contribution is 2.28. The maximum Gasteiger partial charge on any atom is 0.252 e. The molecule has 130 valence electrons. The van der Waals surface area contributed by atoms with Gasteiger partial charge in [-0.2, -0.15) is 0 Å². The standard InChI is InChI=1S/C20H20FNO3/c1-3-24-18-12-11-16(14-19(18)25-4-2)20(23)22-13-7-9-15-8-5-6-10-17(15)21/h5-6,8,10-12,14H,3-4,13H2,1-2H3,(H,22,23). The van der Waals surface area contributed by atoms with Gasteiger partial charge in [-0.3, -0.25) is 4.79 Å². The van der Waals surface area contributed by atoms with Crippen molar-refractivity contribution in [1.82, 2.24) is 5.32 Å². The molecule has 25 heavy (non-hydrogen) atoms. The van der Waals surface area contributed by atoms with E-state index in [9.17, 15) is 9.18 Å². The summed E-state index contributed by atoms with van der Waals surface area (Å²) in [6, 6.07) is 11.2. The SMILES string of the molecule is CCOc1ccc(C(=O)NCC#Cc2ccccc2F)cc1OCC. The zero-order chi connectivity index (χ0) is 18.1. The molecule has 0 saturated carbocycles. The van der Waals surface area contributed by atoms with Gasteiger partial charge in [-0.05, 0) is 44.2 Å². The van der Waals surface area contributed by atoms with Gasteiger partial charge in [0.05, 0.1) is 25.3 Å². The molecule has 1 amide bonds. The van der Waals surface area contributed by atoms with Crippen molar-refractivity contribution < 1.29 is 18.7 Å². The van der Waals surface area contributed by atoms with E-state index in [0.717, 1.165) is 0 Å². The number of carbonyl (C=O) groups excluding carboxylic acids is 1. The van der Waals surface area contributed by atoms with Crippen LogP contribution in [-0.4, -0.2) is 25.7 Å². The first-order chi connectivity index (χ1) is 12.2. The van der Waals surface area contributed by atoms with Crippen molar-refractivity contribution in [2.75, 3.05) is 19.8 Å². The Balaban J connectivity index is 2.01. The van der Waals surface area contributed by atoms with E-state index >= 15 is 0 Å². The average Bonchev–Trinajstić information content (AvgIpc) is 2.62. The highest BCUT2D eigenvalue weighted by molar-refractivity contribution is 5.95. The summed E-state index contributed by atoms with van der Waals surface area (Å²) in [7, 11) is 0. The van der Waals surface area contributed by atoms with Crippen molar-refractivity contribution in [3.05, 3.63) is 59.4 Å². The molecule has 2 rings (SSSR count). The normalized spacial score (nSPS) is 9.72. The molecule has 0 heterocycles. The molecule has 0 saturated heterocycles. The van der Waals surface area contributed by atoms with Gasteiger partial charge in [-0.15, -0.1) is 0 Å². The van der Waals surface area contributed by atoms with Crippen LogP contribution >= 0.6 is 0 Å². The molecule has 0 radical (unpaired) electrons. The monoisotopic (exact) mass is 341 g/mol. The summed E-state index contributed by atoms with van der Waals surface area (Å²) in [4.78, 5) is 12.2. The average molecular weight is 341 g/mol. The summed E-state index contributed by atoms with van der Waals surface area (Å²) >= 11 is 0. The van der Waals surface area contributed by atoms with Gasteiger partial charge in [0.1, 0.15) is 5.82 Å². The molecule has 0 aliphatic carbocycles. The number of benzene rings is 2. The number of rotatable bonds is 6. The van der Waals surface area contributed by atoms with E-state index in [0.29, 0.717) is 35.8 Å². The number of carbonyl (C=O) groups is 1. The van der Waals surface area contributed by atoms with Gasteiger partial charge in [0.15, 0.2) is 11.5 Å². The molecule has 0 spiro atoms. The predicted molar refractivity (Wildman–Crippen MR) is 94.4 cm³/mol. The van der Waals surface area contributed by atoms with Crippen LogP contribution in [0.2, 0.25) is 0 Å². The lowest BCUT2D eigenvalue weighted by Gasteiger charge is -2.12. The highest BCUT2D eigenvalue weighted by atomic mass is 19.1. The summed E-state index contributed by atoms with van der Waals surface area (Å²) in [6.07, 6.45) is 0. The largest absolute Gasteiger partial charge is 0.490 e. The summed E-state index contributed by atoms with van der Waals surface area (Å²) in [6.45, 7) is 4.84. The Labute approximate surface area is 147 Å². The van der Waals surface area contributed by atoms with Crippen molar-refractivity contribution in [3.8, 4) is 23.3 Å². The van der Waals surface area contributed by atoms with Gasteiger partial charge in [0.2, 0.25) is 0 Å². The van der Waals surface area contributed by atoms with Gasteiger partial charge in [-0.1, -0.05) is 24.0 Å². The lowest BCUT2D eigenvalue weighted by Crippen LogP contribution is -2.23. The lowest BCUT2D eigenvalue weighted by atomic mass is 10.2. The molecular formula is C20H20FNO3. The van der Waals surface area contributed by atoms with Crippen LogP contribution in [0.5, 0.6) is 11.5 Å². The number of nitrogens with one attached hydrogen (secondary N) is 1. The Morgan fingerprint density at radius 3 is 2.52 bits per heavy atom. The van der Waals surface area contributed by atoms with Gasteiger partial charge < -0.3 is 14.8 Å². The maximum atomic E-state index is 13.4. The Kier molecular flexibility index (Phi) is 6.85. The van der Waals surface area contributed by atoms with Crippen LogP contribution in [0.4, 0.5) is 4.39 Å². The van der Waals surface area contributed by atoms with Crippen molar-refractivity contribution in [1.29, 1.82) is 0 Å². The molecule has 1 N–H and O–H groups in total. The molecule has 0 bridgehead atoms. The van der Waals surface area contributed by atoms with E-state index in [-0.39, 0.29) is 18.3 Å². The van der Waals surface area contributed by atoms with Crippen molar-refractivity contribution in [2.24, 2.45) is 0 Å². The van der Waals surface area contributed by atoms with E-state index < -0.39 is 0 Å². The molecule has 2 aromatic rings. The molecule has 0 fully saturated rings. The first kappa shape index (κ1) is 18.3. The molecule has 0 aliphatic rings. The minimum absolute atomic E-state index is 0.115. The maximum absolute atomic E-state index is 13.4. The molecule has 2 aromatic carbocycles. The number of ether oxygens (including phenoxy) is 2. The first-order valence-electron chi connectivity index (χ1n) is 8.07. The van der Waals surface area contributed by atoms with Crippen molar-refractivity contribution >= 4 is 5.91 Å². The molecule has 0 unspecified atom stereocenters. The van der Waals surface area contributed by atoms with Crippen LogP contribution in [0.15, 0.2) is 42.5 Å². The third-order valence-corrected chi connectivity index (χ3v) is 3.24. The third kappa shape index (κ3) is 5.25. The number of halogens is 1. The Bertz CT molecular complexity index is 793. The minimum atomic E-state index is -0.380. The van der Waals surface area contributed by atoms with Crippen LogP contribution in [-0.2, 0) is 0 Å². The molecular weight excluding hydrogens is 321 g/mol. The van der Waals surface area contributed by atoms with E-state index in [1.165, 1.54) is 6.07 Å². The van der Waals surface area contributed by atoms with Gasteiger partial charge in [0.25, 0.3) is 5.91 Å². The fourth-order valence-electron chi connectivity index (χ4n) is 2.12. The number of hydrogen-bond acceptors (Lipinski definition) is 3. The summed E-state index contributed by atoms with van der Waals surface area (Å²) in [5.41, 5.74) is 0.746. The molecule has 4 nitrogen and oxygen atoms in total. The van der Waals surface area contributed by atoms with Crippen LogP contribution in [0.25, 0.3) is 0 Å². The van der Waals surface area contributed by atoms with Crippen LogP contribution in [0.3, 0.4) is 0 Å².